The summed E-state index contributed by atoms with van der Waals surface area (Å²) in [5.41, 5.74) is 7.26. The molecule has 0 bridgehead atoms. The summed E-state index contributed by atoms with van der Waals surface area (Å²) in [5.74, 6) is 0.850. The zero-order valence-electron chi connectivity index (χ0n) is 7.84. The molecule has 0 amide bonds. The van der Waals surface area contributed by atoms with Crippen LogP contribution in [0.25, 0.3) is 0 Å². The molecule has 0 saturated carbocycles. The number of rotatable bonds is 1. The molecule has 4 nitrogen and oxygen atoms in total. The van der Waals surface area contributed by atoms with Gasteiger partial charge in [0.1, 0.15) is 5.75 Å². The molecule has 0 fully saturated rings. The van der Waals surface area contributed by atoms with Crippen molar-refractivity contribution in [3.8, 4) is 5.75 Å². The highest BCUT2D eigenvalue weighted by molar-refractivity contribution is 5.89. The maximum atomic E-state index is 7.10. The molecule has 0 saturated heterocycles. The third kappa shape index (κ3) is 1.79. The predicted octanol–water partition coefficient (Wildman–Crippen LogP) is 1.32. The molecule has 4 N–H and O–H groups in total. The van der Waals surface area contributed by atoms with Crippen LogP contribution in [0, 0.1) is 5.41 Å². The Bertz CT molecular complexity index is 362. The van der Waals surface area contributed by atoms with Gasteiger partial charge >= 0.3 is 0 Å². The summed E-state index contributed by atoms with van der Waals surface area (Å²) in [4.78, 5) is 0. The summed E-state index contributed by atoms with van der Waals surface area (Å²) < 4.78 is 5.49. The monoisotopic (exact) mass is 191 g/mol. The summed E-state index contributed by atoms with van der Waals surface area (Å²) >= 11 is 0. The first-order chi connectivity index (χ1) is 6.75. The Morgan fingerprint density at radius 3 is 3.14 bits per heavy atom. The van der Waals surface area contributed by atoms with Crippen LogP contribution in [-0.2, 0) is 6.42 Å². The molecular formula is C10H13N3O. The smallest absolute Gasteiger partial charge is 0.190 e. The zero-order valence-corrected chi connectivity index (χ0v) is 7.84. The molecule has 0 aromatic heterocycles. The highest BCUT2D eigenvalue weighted by Crippen LogP contribution is 2.27. The van der Waals surface area contributed by atoms with E-state index in [1.165, 1.54) is 5.56 Å². The SMILES string of the molecule is N=C(N)Nc1ccc2c(c1)OCCC2. The third-order valence-electron chi connectivity index (χ3n) is 2.19. The van der Waals surface area contributed by atoms with Crippen molar-refractivity contribution in [2.75, 3.05) is 11.9 Å². The minimum absolute atomic E-state index is 0.0549. The Morgan fingerprint density at radius 2 is 2.36 bits per heavy atom. The quantitative estimate of drug-likeness (QED) is 0.463. The molecule has 0 aliphatic carbocycles. The molecular weight excluding hydrogens is 178 g/mol. The van der Waals surface area contributed by atoms with E-state index in [2.05, 4.69) is 5.32 Å². The number of anilines is 1. The highest BCUT2D eigenvalue weighted by atomic mass is 16.5. The van der Waals surface area contributed by atoms with Gasteiger partial charge in [0.25, 0.3) is 0 Å². The lowest BCUT2D eigenvalue weighted by Crippen LogP contribution is -2.20. The van der Waals surface area contributed by atoms with E-state index in [1.54, 1.807) is 0 Å². The number of nitrogens with two attached hydrogens (primary N) is 1. The van der Waals surface area contributed by atoms with Crippen molar-refractivity contribution in [3.05, 3.63) is 23.8 Å². The van der Waals surface area contributed by atoms with Crippen LogP contribution in [0.2, 0.25) is 0 Å². The van der Waals surface area contributed by atoms with Gasteiger partial charge in [0.15, 0.2) is 5.96 Å². The third-order valence-corrected chi connectivity index (χ3v) is 2.19. The van der Waals surface area contributed by atoms with Gasteiger partial charge in [-0.25, -0.2) is 0 Å². The first kappa shape index (κ1) is 8.87. The lowest BCUT2D eigenvalue weighted by Gasteiger charge is -2.18. The number of benzene rings is 1. The van der Waals surface area contributed by atoms with E-state index >= 15 is 0 Å². The molecule has 1 aromatic rings. The molecule has 4 heteroatoms. The Hall–Kier alpha value is -1.71. The summed E-state index contributed by atoms with van der Waals surface area (Å²) in [6, 6.07) is 5.81. The second kappa shape index (κ2) is 3.57. The number of aryl methyl sites for hydroxylation is 1. The molecule has 1 aliphatic heterocycles. The van der Waals surface area contributed by atoms with Crippen LogP contribution in [0.3, 0.4) is 0 Å². The van der Waals surface area contributed by atoms with E-state index in [1.807, 2.05) is 18.2 Å². The Balaban J connectivity index is 2.24. The standard InChI is InChI=1S/C10H13N3O/c11-10(12)13-8-4-3-7-2-1-5-14-9(7)6-8/h3-4,6H,1-2,5H2,(H4,11,12,13). The minimum Gasteiger partial charge on any atom is -0.493 e. The summed E-state index contributed by atoms with van der Waals surface area (Å²) in [7, 11) is 0. The summed E-state index contributed by atoms with van der Waals surface area (Å²) in [5, 5.41) is 9.83. The molecule has 1 aliphatic rings. The Morgan fingerprint density at radius 1 is 1.50 bits per heavy atom. The fraction of sp³-hybridized carbons (Fsp3) is 0.300. The number of hydrogen-bond acceptors (Lipinski definition) is 2. The number of guanidine groups is 1. The second-order valence-electron chi connectivity index (χ2n) is 3.31. The zero-order chi connectivity index (χ0) is 9.97. The van der Waals surface area contributed by atoms with Gasteiger partial charge in [-0.2, -0.15) is 0 Å². The number of hydrogen-bond donors (Lipinski definition) is 3. The molecule has 1 heterocycles. The molecule has 0 atom stereocenters. The number of nitrogens with one attached hydrogen (secondary N) is 2. The van der Waals surface area contributed by atoms with Gasteiger partial charge in [-0.15, -0.1) is 0 Å². The van der Waals surface area contributed by atoms with Crippen molar-refractivity contribution in [1.29, 1.82) is 5.41 Å². The molecule has 0 spiro atoms. The van der Waals surface area contributed by atoms with Crippen molar-refractivity contribution >= 4 is 11.6 Å². The Kier molecular flexibility index (Phi) is 2.26. The number of fused-ring (bicyclic) bond motifs is 1. The van der Waals surface area contributed by atoms with E-state index in [0.29, 0.717) is 0 Å². The molecule has 2 rings (SSSR count). The van der Waals surface area contributed by atoms with Crippen molar-refractivity contribution < 1.29 is 4.74 Å². The normalized spacial score (nSPS) is 14.0. The van der Waals surface area contributed by atoms with Gasteiger partial charge < -0.3 is 15.8 Å². The first-order valence-electron chi connectivity index (χ1n) is 4.62. The van der Waals surface area contributed by atoms with Crippen LogP contribution in [0.1, 0.15) is 12.0 Å². The van der Waals surface area contributed by atoms with E-state index in [-0.39, 0.29) is 5.96 Å². The van der Waals surface area contributed by atoms with Crippen LogP contribution in [0.15, 0.2) is 18.2 Å². The van der Waals surface area contributed by atoms with Gasteiger partial charge in [-0.1, -0.05) is 6.07 Å². The van der Waals surface area contributed by atoms with Crippen molar-refractivity contribution in [3.63, 3.8) is 0 Å². The second-order valence-corrected chi connectivity index (χ2v) is 3.31. The Labute approximate surface area is 82.6 Å². The first-order valence-corrected chi connectivity index (χ1v) is 4.62. The van der Waals surface area contributed by atoms with Gasteiger partial charge in [-0.05, 0) is 24.5 Å². The van der Waals surface area contributed by atoms with Gasteiger partial charge in [-0.3, -0.25) is 5.41 Å². The average molecular weight is 191 g/mol. The van der Waals surface area contributed by atoms with Gasteiger partial charge in [0.05, 0.1) is 6.61 Å². The van der Waals surface area contributed by atoms with Crippen LogP contribution < -0.4 is 15.8 Å². The molecule has 1 aromatic carbocycles. The maximum Gasteiger partial charge on any atom is 0.190 e. The van der Waals surface area contributed by atoms with Gasteiger partial charge in [0.2, 0.25) is 0 Å². The largest absolute Gasteiger partial charge is 0.493 e. The van der Waals surface area contributed by atoms with Crippen LogP contribution in [0.4, 0.5) is 5.69 Å². The van der Waals surface area contributed by atoms with Crippen molar-refractivity contribution in [2.24, 2.45) is 5.73 Å². The van der Waals surface area contributed by atoms with E-state index in [9.17, 15) is 0 Å². The van der Waals surface area contributed by atoms with Gasteiger partial charge in [0, 0.05) is 11.8 Å². The molecule has 0 unspecified atom stereocenters. The van der Waals surface area contributed by atoms with Crippen molar-refractivity contribution in [1.82, 2.24) is 0 Å². The van der Waals surface area contributed by atoms with Crippen LogP contribution in [-0.4, -0.2) is 12.6 Å². The summed E-state index contributed by atoms with van der Waals surface area (Å²) in [6.45, 7) is 0.774. The number of ether oxygens (including phenoxy) is 1. The van der Waals surface area contributed by atoms with E-state index in [4.69, 9.17) is 15.9 Å². The average Bonchev–Trinajstić information content (AvgIpc) is 2.17. The predicted molar refractivity (Wildman–Crippen MR) is 55.8 cm³/mol. The highest BCUT2D eigenvalue weighted by Gasteiger charge is 2.10. The minimum atomic E-state index is -0.0549. The van der Waals surface area contributed by atoms with E-state index in [0.717, 1.165) is 30.9 Å². The van der Waals surface area contributed by atoms with E-state index < -0.39 is 0 Å². The molecule has 14 heavy (non-hydrogen) atoms. The summed E-state index contributed by atoms with van der Waals surface area (Å²) in [6.07, 6.45) is 2.14. The molecule has 74 valence electrons. The van der Waals surface area contributed by atoms with Crippen LogP contribution >= 0.6 is 0 Å². The van der Waals surface area contributed by atoms with Crippen LogP contribution in [0.5, 0.6) is 5.75 Å². The lowest BCUT2D eigenvalue weighted by atomic mass is 10.1. The fourth-order valence-electron chi connectivity index (χ4n) is 1.57. The fourth-order valence-corrected chi connectivity index (χ4v) is 1.57. The lowest BCUT2D eigenvalue weighted by molar-refractivity contribution is 0.288. The maximum absolute atomic E-state index is 7.10. The molecule has 0 radical (unpaired) electrons. The topological polar surface area (TPSA) is 71.1 Å². The van der Waals surface area contributed by atoms with Crippen molar-refractivity contribution in [2.45, 2.75) is 12.8 Å².